The Morgan fingerprint density at radius 1 is 0.476 bits per heavy atom. The monoisotopic (exact) mass is 451 g/mol. The summed E-state index contributed by atoms with van der Waals surface area (Å²) in [4.78, 5) is 41.4. The zero-order valence-electron chi connectivity index (χ0n) is 8.90. The Kier molecular flexibility index (Phi) is 52.5. The number of hydrogen-bond acceptors (Lipinski definition) is 14. The smallest absolute Gasteiger partial charge is 0.356 e. The summed E-state index contributed by atoms with van der Waals surface area (Å²) in [5.41, 5.74) is 0. The van der Waals surface area contributed by atoms with Crippen molar-refractivity contribution >= 4 is 0 Å². The second-order valence-corrected chi connectivity index (χ2v) is 1.13. The number of hydrogen-bond donors (Lipinski definition) is 1. The van der Waals surface area contributed by atoms with Crippen molar-refractivity contribution in [3.63, 3.8) is 0 Å². The van der Waals surface area contributed by atoms with Crippen LogP contribution in [0.15, 0.2) is 0 Å². The molecule has 0 fully saturated rings. The van der Waals surface area contributed by atoms with Crippen LogP contribution in [0.5, 0.6) is 0 Å². The van der Waals surface area contributed by atoms with Crippen molar-refractivity contribution in [1.29, 1.82) is 0 Å². The molecule has 0 unspecified atom stereocenters. The molecule has 0 amide bonds. The molecule has 0 rings (SSSR count). The van der Waals surface area contributed by atoms with Crippen LogP contribution >= 0.6 is 0 Å². The molecular formula is HCeN5O15. The maximum atomic E-state index is 8.36. The summed E-state index contributed by atoms with van der Waals surface area (Å²) in [6.45, 7) is 0. The van der Waals surface area contributed by atoms with Gasteiger partial charge in [0.15, 0.2) is 0 Å². The van der Waals surface area contributed by atoms with Crippen molar-refractivity contribution in [2.24, 2.45) is 0 Å². The molecule has 0 radical (unpaired) electrons. The standard InChI is InChI=1S/Ce.HNO3.4NO3/c;5*2-1(3)4/h;(H,2,3,4);;;;/q+4;;4*-1. The van der Waals surface area contributed by atoms with Gasteiger partial charge in [0.1, 0.15) is 0 Å². The van der Waals surface area contributed by atoms with Gasteiger partial charge in [-0.25, -0.2) is 0 Å². The quantitative estimate of drug-likeness (QED) is 0.330. The molecule has 0 bridgehead atoms. The summed E-state index contributed by atoms with van der Waals surface area (Å²) < 4.78 is 0. The molecule has 0 aromatic rings. The Morgan fingerprint density at radius 3 is 0.476 bits per heavy atom. The Bertz CT molecular complexity index is 207. The van der Waals surface area contributed by atoms with Crippen molar-refractivity contribution < 1.29 is 72.4 Å². The van der Waals surface area contributed by atoms with Gasteiger partial charge < -0.3 is 66.5 Å². The van der Waals surface area contributed by atoms with Gasteiger partial charge in [-0.15, -0.1) is 10.1 Å². The van der Waals surface area contributed by atoms with Crippen molar-refractivity contribution in [2.75, 3.05) is 0 Å². The van der Waals surface area contributed by atoms with Gasteiger partial charge in [-0.1, -0.05) is 0 Å². The molecule has 0 spiro atoms. The van der Waals surface area contributed by atoms with Gasteiger partial charge in [0.2, 0.25) is 0 Å². The fourth-order valence-corrected chi connectivity index (χ4v) is 0. The molecule has 21 heteroatoms. The van der Waals surface area contributed by atoms with E-state index in [1.807, 2.05) is 0 Å². The van der Waals surface area contributed by atoms with Crippen molar-refractivity contribution in [2.45, 2.75) is 0 Å². The summed E-state index contributed by atoms with van der Waals surface area (Å²) in [6.07, 6.45) is 0. The summed E-state index contributed by atoms with van der Waals surface area (Å²) in [6, 6.07) is 0. The van der Waals surface area contributed by atoms with E-state index < -0.39 is 25.4 Å². The normalized spacial score (nSPS) is 5.71. The molecular weight excluding hydrogens is 450 g/mol. The van der Waals surface area contributed by atoms with E-state index >= 15 is 0 Å². The van der Waals surface area contributed by atoms with Gasteiger partial charge >= 0.3 is 41.7 Å². The maximum Gasteiger partial charge on any atom is 4.00 e. The van der Waals surface area contributed by atoms with E-state index in [0.717, 1.165) is 0 Å². The number of rotatable bonds is 0. The van der Waals surface area contributed by atoms with Crippen LogP contribution in [0.25, 0.3) is 0 Å². The van der Waals surface area contributed by atoms with E-state index in [-0.39, 0.29) is 41.7 Å². The molecule has 0 saturated heterocycles. The van der Waals surface area contributed by atoms with Gasteiger partial charge in [0.05, 0.1) is 20.3 Å². The average molecular weight is 451 g/mol. The molecule has 0 aliphatic rings. The third-order valence-electron chi connectivity index (χ3n) is 0. The first-order valence-electron chi connectivity index (χ1n) is 2.76. The minimum absolute atomic E-state index is 0. The van der Waals surface area contributed by atoms with Crippen LogP contribution in [0.1, 0.15) is 0 Å². The fourth-order valence-electron chi connectivity index (χ4n) is 0. The fraction of sp³-hybridized carbons (Fsp3) is 0. The maximum absolute atomic E-state index is 8.36. The molecule has 0 atom stereocenters. The third-order valence-corrected chi connectivity index (χ3v) is 0. The molecule has 0 aromatic heterocycles. The van der Waals surface area contributed by atoms with E-state index in [1.54, 1.807) is 0 Å². The minimum Gasteiger partial charge on any atom is -0.356 e. The summed E-state index contributed by atoms with van der Waals surface area (Å²) in [5, 5.41) is 72.6. The van der Waals surface area contributed by atoms with Gasteiger partial charge in [0.25, 0.3) is 5.09 Å². The Balaban J connectivity index is -0.0000000331. The molecule has 0 heterocycles. The molecule has 0 aliphatic carbocycles. The molecule has 1 N–H and O–H groups in total. The first kappa shape index (κ1) is 36.2. The van der Waals surface area contributed by atoms with Crippen LogP contribution in [-0.2, 0) is 0 Å². The molecule has 120 valence electrons. The topological polar surface area (TPSA) is 328 Å². The first-order valence-corrected chi connectivity index (χ1v) is 2.76. The van der Waals surface area contributed by atoms with Crippen LogP contribution in [0.3, 0.4) is 0 Å². The van der Waals surface area contributed by atoms with E-state index in [9.17, 15) is 0 Å². The zero-order chi connectivity index (χ0) is 17.9. The Labute approximate surface area is 143 Å². The predicted octanol–water partition coefficient (Wildman–Crippen LogP) is -1.30. The molecule has 0 saturated carbocycles. The molecule has 21 heavy (non-hydrogen) atoms. The second-order valence-electron chi connectivity index (χ2n) is 1.13. The van der Waals surface area contributed by atoms with Crippen LogP contribution in [0.2, 0.25) is 0 Å². The average Bonchev–Trinajstić information content (AvgIpc) is 1.94. The molecule has 0 aliphatic heterocycles. The van der Waals surface area contributed by atoms with Crippen LogP contribution < -0.4 is 0 Å². The SMILES string of the molecule is O=[N+]([O-])O.O=[N+]([O-])[O-].O=[N+]([O-])[O-].O=[N+]([O-])[O-].O=[N+]([O-])[O-].[Ce+4]. The predicted molar refractivity (Wildman–Crippen MR) is 50.2 cm³/mol. The second kappa shape index (κ2) is 30.4. The van der Waals surface area contributed by atoms with E-state index in [1.165, 1.54) is 0 Å². The van der Waals surface area contributed by atoms with Crippen molar-refractivity contribution in [3.8, 4) is 0 Å². The summed E-state index contributed by atoms with van der Waals surface area (Å²) in [5.74, 6) is 0. The molecule has 20 nitrogen and oxygen atoms in total. The minimum atomic E-state index is -1.75. The van der Waals surface area contributed by atoms with Gasteiger partial charge in [-0.05, 0) is 0 Å². The third kappa shape index (κ3) is 597. The van der Waals surface area contributed by atoms with E-state index in [0.29, 0.717) is 0 Å². The Hall–Kier alpha value is -2.62. The van der Waals surface area contributed by atoms with Gasteiger partial charge in [0, 0.05) is 0 Å². The van der Waals surface area contributed by atoms with Gasteiger partial charge in [-0.2, -0.15) is 0 Å². The largest absolute Gasteiger partial charge is 4.00 e. The van der Waals surface area contributed by atoms with Crippen molar-refractivity contribution in [1.82, 2.24) is 0 Å². The van der Waals surface area contributed by atoms with Gasteiger partial charge in [-0.3, -0.25) is 0 Å². The van der Waals surface area contributed by atoms with Crippen LogP contribution in [0, 0.1) is 113 Å². The van der Waals surface area contributed by atoms with Crippen molar-refractivity contribution in [3.05, 3.63) is 71.4 Å². The van der Waals surface area contributed by atoms with E-state index in [4.69, 9.17) is 76.6 Å². The molecule has 0 aromatic carbocycles. The van der Waals surface area contributed by atoms with E-state index in [2.05, 4.69) is 0 Å². The van der Waals surface area contributed by atoms with Crippen LogP contribution in [0.4, 0.5) is 0 Å². The zero-order valence-corrected chi connectivity index (χ0v) is 12.0. The summed E-state index contributed by atoms with van der Waals surface area (Å²) >= 11 is 0. The van der Waals surface area contributed by atoms with Crippen LogP contribution in [-0.4, -0.2) is 30.6 Å². The summed E-state index contributed by atoms with van der Waals surface area (Å²) in [7, 11) is 0. The Morgan fingerprint density at radius 2 is 0.476 bits per heavy atom. The first-order chi connectivity index (χ1) is 8.66. The number of nitrogens with zero attached hydrogens (tertiary/aromatic N) is 5.